The maximum atomic E-state index is 13.1. The predicted octanol–water partition coefficient (Wildman–Crippen LogP) is 2.58. The normalized spacial score (nSPS) is 11.1. The second kappa shape index (κ2) is 6.84. The zero-order valence-corrected chi connectivity index (χ0v) is 15.9. The number of hydrogen-bond acceptors (Lipinski definition) is 4. The fourth-order valence-corrected chi connectivity index (χ4v) is 3.13. The Labute approximate surface area is 161 Å². The smallest absolute Gasteiger partial charge is 0.332 e. The molecule has 0 saturated carbocycles. The number of aryl methyl sites for hydroxylation is 3. The summed E-state index contributed by atoms with van der Waals surface area (Å²) in [6.07, 6.45) is 0. The first kappa shape index (κ1) is 17.8. The zero-order chi connectivity index (χ0) is 19.8. The minimum atomic E-state index is -0.415. The van der Waals surface area contributed by atoms with Gasteiger partial charge in [-0.05, 0) is 24.6 Å². The lowest BCUT2D eigenvalue weighted by Crippen LogP contribution is -2.39. The van der Waals surface area contributed by atoms with E-state index >= 15 is 0 Å². The molecule has 0 radical (unpaired) electrons. The molecule has 4 aromatic rings. The number of hydrogen-bond donors (Lipinski definition) is 0. The highest BCUT2D eigenvalue weighted by Crippen LogP contribution is 2.23. The molecule has 0 fully saturated rings. The zero-order valence-electron chi connectivity index (χ0n) is 15.9. The molecule has 2 aromatic heterocycles. The predicted molar refractivity (Wildman–Crippen MR) is 107 cm³/mol. The van der Waals surface area contributed by atoms with Gasteiger partial charge in [0.1, 0.15) is 5.75 Å². The maximum Gasteiger partial charge on any atom is 0.332 e. The summed E-state index contributed by atoms with van der Waals surface area (Å²) in [4.78, 5) is 30.2. The molecule has 2 aromatic carbocycles. The highest BCUT2D eigenvalue weighted by atomic mass is 16.5. The first-order chi connectivity index (χ1) is 13.5. The van der Waals surface area contributed by atoms with Crippen molar-refractivity contribution in [3.63, 3.8) is 0 Å². The Balaban J connectivity index is 1.84. The van der Waals surface area contributed by atoms with E-state index in [9.17, 15) is 9.59 Å². The van der Waals surface area contributed by atoms with Gasteiger partial charge in [-0.3, -0.25) is 18.5 Å². The molecule has 0 unspecified atom stereocenters. The fraction of sp³-hybridized carbons (Fsp3) is 0.190. The van der Waals surface area contributed by atoms with Crippen LogP contribution in [0.4, 0.5) is 0 Å². The summed E-state index contributed by atoms with van der Waals surface area (Å²) in [7, 11) is 3.31. The molecule has 0 N–H and O–H groups in total. The Hall–Kier alpha value is -3.61. The van der Waals surface area contributed by atoms with Crippen LogP contribution in [0, 0.1) is 6.92 Å². The summed E-state index contributed by atoms with van der Waals surface area (Å²) < 4.78 is 10.0. The Morgan fingerprint density at radius 1 is 0.929 bits per heavy atom. The molecule has 4 rings (SSSR count). The van der Waals surface area contributed by atoms with Crippen LogP contribution >= 0.6 is 0 Å². The molecular formula is C21H20N4O3. The molecule has 2 heterocycles. The van der Waals surface area contributed by atoms with Gasteiger partial charge in [0.15, 0.2) is 11.2 Å². The number of rotatable bonds is 4. The molecule has 142 valence electrons. The van der Waals surface area contributed by atoms with E-state index in [0.717, 1.165) is 11.1 Å². The number of nitrogens with zero attached hydrogens (tertiary/aromatic N) is 4. The third kappa shape index (κ3) is 3.00. The molecule has 0 aliphatic carbocycles. The van der Waals surface area contributed by atoms with Crippen molar-refractivity contribution in [3.8, 4) is 11.8 Å². The van der Waals surface area contributed by atoms with E-state index in [0.29, 0.717) is 16.9 Å². The highest BCUT2D eigenvalue weighted by Gasteiger charge is 2.19. The molecule has 0 atom stereocenters. The van der Waals surface area contributed by atoms with Gasteiger partial charge in [0.05, 0.1) is 6.54 Å². The lowest BCUT2D eigenvalue weighted by Gasteiger charge is -2.08. The van der Waals surface area contributed by atoms with Crippen molar-refractivity contribution in [3.05, 3.63) is 86.6 Å². The van der Waals surface area contributed by atoms with E-state index in [-0.39, 0.29) is 12.6 Å². The average Bonchev–Trinajstić information content (AvgIpc) is 3.02. The molecule has 0 amide bonds. The van der Waals surface area contributed by atoms with Gasteiger partial charge in [-0.2, -0.15) is 4.98 Å². The van der Waals surface area contributed by atoms with Crippen LogP contribution in [-0.2, 0) is 20.6 Å². The van der Waals surface area contributed by atoms with Crippen LogP contribution < -0.4 is 16.0 Å². The Kier molecular flexibility index (Phi) is 4.35. The average molecular weight is 376 g/mol. The van der Waals surface area contributed by atoms with Crippen molar-refractivity contribution in [1.29, 1.82) is 0 Å². The molecule has 0 saturated heterocycles. The van der Waals surface area contributed by atoms with Crippen LogP contribution in [0.2, 0.25) is 0 Å². The molecule has 0 aliphatic rings. The minimum absolute atomic E-state index is 0.196. The summed E-state index contributed by atoms with van der Waals surface area (Å²) in [5.74, 6) is 0.610. The van der Waals surface area contributed by atoms with Crippen molar-refractivity contribution < 1.29 is 4.74 Å². The van der Waals surface area contributed by atoms with Gasteiger partial charge in [0, 0.05) is 14.1 Å². The SMILES string of the molecule is Cc1ccc(Oc2nc3c(c(=O)n(Cc4ccccc4)c(=O)n3C)n2C)cc1. The first-order valence-corrected chi connectivity index (χ1v) is 8.90. The van der Waals surface area contributed by atoms with Gasteiger partial charge >= 0.3 is 11.7 Å². The maximum absolute atomic E-state index is 13.1. The van der Waals surface area contributed by atoms with E-state index in [1.165, 1.54) is 9.13 Å². The van der Waals surface area contributed by atoms with E-state index in [2.05, 4.69) is 4.98 Å². The van der Waals surface area contributed by atoms with Gasteiger partial charge in [-0.15, -0.1) is 0 Å². The molecule has 7 heteroatoms. The van der Waals surface area contributed by atoms with E-state index in [1.54, 1.807) is 18.7 Å². The van der Waals surface area contributed by atoms with Gasteiger partial charge in [0.25, 0.3) is 5.56 Å². The first-order valence-electron chi connectivity index (χ1n) is 8.90. The monoisotopic (exact) mass is 376 g/mol. The van der Waals surface area contributed by atoms with Gasteiger partial charge < -0.3 is 4.74 Å². The molecule has 0 spiro atoms. The van der Waals surface area contributed by atoms with Crippen molar-refractivity contribution in [2.75, 3.05) is 0 Å². The van der Waals surface area contributed by atoms with Crippen LogP contribution in [0.5, 0.6) is 11.8 Å². The van der Waals surface area contributed by atoms with Gasteiger partial charge in [0.2, 0.25) is 0 Å². The van der Waals surface area contributed by atoms with Crippen LogP contribution in [0.1, 0.15) is 11.1 Å². The minimum Gasteiger partial charge on any atom is -0.425 e. The number of benzene rings is 2. The summed E-state index contributed by atoms with van der Waals surface area (Å²) in [6.45, 7) is 2.19. The van der Waals surface area contributed by atoms with Crippen LogP contribution in [0.3, 0.4) is 0 Å². The Morgan fingerprint density at radius 2 is 1.61 bits per heavy atom. The van der Waals surface area contributed by atoms with Crippen molar-refractivity contribution in [2.24, 2.45) is 14.1 Å². The van der Waals surface area contributed by atoms with Crippen LogP contribution in [-0.4, -0.2) is 18.7 Å². The second-order valence-electron chi connectivity index (χ2n) is 6.76. The Bertz CT molecular complexity index is 1270. The van der Waals surface area contributed by atoms with Crippen LogP contribution in [0.15, 0.2) is 64.2 Å². The largest absolute Gasteiger partial charge is 0.425 e. The summed E-state index contributed by atoms with van der Waals surface area (Å²) in [5.41, 5.74) is 1.80. The van der Waals surface area contributed by atoms with Crippen molar-refractivity contribution >= 4 is 11.2 Å². The van der Waals surface area contributed by atoms with E-state index in [4.69, 9.17) is 4.74 Å². The molecule has 0 aliphatic heterocycles. The molecule has 7 nitrogen and oxygen atoms in total. The number of ether oxygens (including phenoxy) is 1. The summed E-state index contributed by atoms with van der Waals surface area (Å²) in [6, 6.07) is 17.2. The summed E-state index contributed by atoms with van der Waals surface area (Å²) in [5, 5.41) is 0. The molecule has 0 bridgehead atoms. The topological polar surface area (TPSA) is 71.1 Å². The number of aromatic nitrogens is 4. The Morgan fingerprint density at radius 3 is 2.29 bits per heavy atom. The quantitative estimate of drug-likeness (QED) is 0.549. The third-order valence-electron chi connectivity index (χ3n) is 4.73. The lowest BCUT2D eigenvalue weighted by atomic mass is 10.2. The van der Waals surface area contributed by atoms with E-state index in [1.807, 2.05) is 61.5 Å². The van der Waals surface area contributed by atoms with Gasteiger partial charge in [-0.25, -0.2) is 4.79 Å². The number of fused-ring (bicyclic) bond motifs is 1. The fourth-order valence-electron chi connectivity index (χ4n) is 3.13. The number of imidazole rings is 1. The van der Waals surface area contributed by atoms with Gasteiger partial charge in [-0.1, -0.05) is 48.0 Å². The van der Waals surface area contributed by atoms with E-state index < -0.39 is 11.2 Å². The standard InChI is InChI=1S/C21H20N4O3/c1-14-9-11-16(12-10-14)28-20-22-18-17(23(20)2)19(26)25(21(27)24(18)3)13-15-7-5-4-6-8-15/h4-12H,13H2,1-3H3. The van der Waals surface area contributed by atoms with Crippen LogP contribution in [0.25, 0.3) is 11.2 Å². The summed E-state index contributed by atoms with van der Waals surface area (Å²) >= 11 is 0. The third-order valence-corrected chi connectivity index (χ3v) is 4.73. The van der Waals surface area contributed by atoms with Crippen molar-refractivity contribution in [2.45, 2.75) is 13.5 Å². The second-order valence-corrected chi connectivity index (χ2v) is 6.76. The lowest BCUT2D eigenvalue weighted by molar-refractivity contribution is 0.427. The molecular weight excluding hydrogens is 356 g/mol. The molecule has 28 heavy (non-hydrogen) atoms. The van der Waals surface area contributed by atoms with Crippen molar-refractivity contribution in [1.82, 2.24) is 18.7 Å². The highest BCUT2D eigenvalue weighted by molar-refractivity contribution is 5.71.